The number of thioether (sulfide) groups is 1. The van der Waals surface area contributed by atoms with Crippen LogP contribution >= 0.6 is 23.4 Å². The molecular formula is C13H16ClNO3S. The van der Waals surface area contributed by atoms with Gasteiger partial charge in [0.15, 0.2) is 0 Å². The molecule has 0 radical (unpaired) electrons. The Morgan fingerprint density at radius 2 is 2.11 bits per heavy atom. The van der Waals surface area contributed by atoms with E-state index in [0.29, 0.717) is 23.8 Å². The number of benzene rings is 1. The lowest BCUT2D eigenvalue weighted by atomic mass is 10.4. The Morgan fingerprint density at radius 1 is 1.37 bits per heavy atom. The van der Waals surface area contributed by atoms with Crippen LogP contribution in [0.1, 0.15) is 13.3 Å². The van der Waals surface area contributed by atoms with Crippen LogP contribution in [0.3, 0.4) is 0 Å². The van der Waals surface area contributed by atoms with E-state index in [0.717, 1.165) is 4.90 Å². The second kappa shape index (κ2) is 8.82. The van der Waals surface area contributed by atoms with E-state index in [1.165, 1.54) is 11.8 Å². The SMILES string of the molecule is CCOC(=O)CNC(=O)CCSc1ccccc1Cl. The highest BCUT2D eigenvalue weighted by Gasteiger charge is 2.06. The molecule has 1 N–H and O–H groups in total. The zero-order chi connectivity index (χ0) is 14.1. The Bertz CT molecular complexity index is 440. The number of amides is 1. The van der Waals surface area contributed by atoms with Gasteiger partial charge in [-0.25, -0.2) is 0 Å². The standard InChI is InChI=1S/C13H16ClNO3S/c1-2-18-13(17)9-15-12(16)7-8-19-11-6-4-3-5-10(11)14/h3-6H,2,7-9H2,1H3,(H,15,16). The lowest BCUT2D eigenvalue weighted by molar-refractivity contribution is -0.143. The van der Waals surface area contributed by atoms with Crippen LogP contribution in [0.25, 0.3) is 0 Å². The molecule has 0 aliphatic carbocycles. The topological polar surface area (TPSA) is 55.4 Å². The van der Waals surface area contributed by atoms with Crippen LogP contribution in [-0.4, -0.2) is 30.8 Å². The van der Waals surface area contributed by atoms with E-state index < -0.39 is 5.97 Å². The minimum Gasteiger partial charge on any atom is -0.465 e. The Morgan fingerprint density at radius 3 is 2.79 bits per heavy atom. The summed E-state index contributed by atoms with van der Waals surface area (Å²) in [5.74, 6) is 0.0143. The highest BCUT2D eigenvalue weighted by molar-refractivity contribution is 7.99. The van der Waals surface area contributed by atoms with E-state index in [2.05, 4.69) is 5.32 Å². The molecule has 0 fully saturated rings. The summed E-state index contributed by atoms with van der Waals surface area (Å²) in [6.07, 6.45) is 0.329. The van der Waals surface area contributed by atoms with E-state index in [1.54, 1.807) is 6.92 Å². The van der Waals surface area contributed by atoms with Crippen molar-refractivity contribution in [2.75, 3.05) is 18.9 Å². The van der Waals surface area contributed by atoms with Gasteiger partial charge in [-0.15, -0.1) is 11.8 Å². The van der Waals surface area contributed by atoms with Gasteiger partial charge >= 0.3 is 5.97 Å². The third-order valence-corrected chi connectivity index (χ3v) is 3.68. The second-order valence-corrected chi connectivity index (χ2v) is 5.15. The van der Waals surface area contributed by atoms with Gasteiger partial charge in [-0.05, 0) is 19.1 Å². The maximum Gasteiger partial charge on any atom is 0.325 e. The first-order chi connectivity index (χ1) is 9.13. The highest BCUT2D eigenvalue weighted by Crippen LogP contribution is 2.26. The van der Waals surface area contributed by atoms with Gasteiger partial charge in [0, 0.05) is 17.1 Å². The van der Waals surface area contributed by atoms with Crippen LogP contribution in [0.4, 0.5) is 0 Å². The summed E-state index contributed by atoms with van der Waals surface area (Å²) in [5.41, 5.74) is 0. The van der Waals surface area contributed by atoms with Gasteiger partial charge in [0.1, 0.15) is 6.54 Å². The number of halogens is 1. The summed E-state index contributed by atoms with van der Waals surface area (Å²) in [7, 11) is 0. The third kappa shape index (κ3) is 6.50. The van der Waals surface area contributed by atoms with E-state index >= 15 is 0 Å². The largest absolute Gasteiger partial charge is 0.465 e. The number of hydrogen-bond donors (Lipinski definition) is 1. The van der Waals surface area contributed by atoms with Crippen LogP contribution < -0.4 is 5.32 Å². The smallest absolute Gasteiger partial charge is 0.325 e. The zero-order valence-corrected chi connectivity index (χ0v) is 12.2. The molecule has 1 rings (SSSR count). The van der Waals surface area contributed by atoms with Crippen LogP contribution in [0.5, 0.6) is 0 Å². The summed E-state index contributed by atoms with van der Waals surface area (Å²) in [6, 6.07) is 7.47. The molecular weight excluding hydrogens is 286 g/mol. The summed E-state index contributed by atoms with van der Waals surface area (Å²) in [6.45, 7) is 1.96. The molecule has 6 heteroatoms. The molecule has 0 bridgehead atoms. The van der Waals surface area contributed by atoms with Gasteiger partial charge in [0.05, 0.1) is 11.6 Å². The molecule has 104 valence electrons. The van der Waals surface area contributed by atoms with Crippen molar-refractivity contribution in [3.8, 4) is 0 Å². The van der Waals surface area contributed by atoms with Gasteiger partial charge in [-0.1, -0.05) is 23.7 Å². The molecule has 0 heterocycles. The van der Waals surface area contributed by atoms with Crippen LogP contribution in [0.2, 0.25) is 5.02 Å². The molecule has 0 unspecified atom stereocenters. The first-order valence-electron chi connectivity index (χ1n) is 5.93. The molecule has 0 aliphatic rings. The van der Waals surface area contributed by atoms with E-state index in [-0.39, 0.29) is 12.5 Å². The summed E-state index contributed by atoms with van der Waals surface area (Å²) in [5, 5.41) is 3.19. The van der Waals surface area contributed by atoms with Gasteiger partial charge < -0.3 is 10.1 Å². The minimum absolute atomic E-state index is 0.0799. The molecule has 1 aromatic carbocycles. The number of rotatable bonds is 7. The Kier molecular flexibility index (Phi) is 7.36. The van der Waals surface area contributed by atoms with Gasteiger partial charge in [-0.2, -0.15) is 0 Å². The second-order valence-electron chi connectivity index (χ2n) is 3.61. The molecule has 0 aromatic heterocycles. The van der Waals surface area contributed by atoms with Crippen molar-refractivity contribution < 1.29 is 14.3 Å². The van der Waals surface area contributed by atoms with Gasteiger partial charge in [0.2, 0.25) is 5.91 Å². The Balaban J connectivity index is 2.21. The number of carbonyl (C=O) groups is 2. The number of ether oxygens (including phenoxy) is 1. The lowest BCUT2D eigenvalue weighted by Crippen LogP contribution is -2.30. The average Bonchev–Trinajstić information content (AvgIpc) is 2.39. The third-order valence-electron chi connectivity index (χ3n) is 2.16. The van der Waals surface area contributed by atoms with E-state index in [9.17, 15) is 9.59 Å². The molecule has 0 aliphatic heterocycles. The van der Waals surface area contributed by atoms with Crippen molar-refractivity contribution in [2.24, 2.45) is 0 Å². The van der Waals surface area contributed by atoms with Crippen molar-refractivity contribution in [1.82, 2.24) is 5.32 Å². The lowest BCUT2D eigenvalue weighted by Gasteiger charge is -2.05. The van der Waals surface area contributed by atoms with Crippen LogP contribution in [-0.2, 0) is 14.3 Å². The van der Waals surface area contributed by atoms with Crippen molar-refractivity contribution in [3.05, 3.63) is 29.3 Å². The number of hydrogen-bond acceptors (Lipinski definition) is 4. The number of carbonyl (C=O) groups excluding carboxylic acids is 2. The zero-order valence-electron chi connectivity index (χ0n) is 10.6. The van der Waals surface area contributed by atoms with Crippen molar-refractivity contribution >= 4 is 35.2 Å². The van der Waals surface area contributed by atoms with Crippen molar-refractivity contribution in [3.63, 3.8) is 0 Å². The predicted molar refractivity (Wildman–Crippen MR) is 76.4 cm³/mol. The maximum absolute atomic E-state index is 11.5. The number of esters is 1. The van der Waals surface area contributed by atoms with Gasteiger partial charge in [0.25, 0.3) is 0 Å². The Labute approximate surface area is 121 Å². The van der Waals surface area contributed by atoms with Crippen molar-refractivity contribution in [1.29, 1.82) is 0 Å². The molecule has 1 amide bonds. The molecule has 0 spiro atoms. The normalized spacial score (nSPS) is 10.0. The monoisotopic (exact) mass is 301 g/mol. The average molecular weight is 302 g/mol. The van der Waals surface area contributed by atoms with E-state index in [4.69, 9.17) is 16.3 Å². The quantitative estimate of drug-likeness (QED) is 0.621. The fourth-order valence-electron chi connectivity index (χ4n) is 1.29. The van der Waals surface area contributed by atoms with Crippen LogP contribution in [0.15, 0.2) is 29.2 Å². The fraction of sp³-hybridized carbons (Fsp3) is 0.385. The molecule has 4 nitrogen and oxygen atoms in total. The van der Waals surface area contributed by atoms with Crippen molar-refractivity contribution in [2.45, 2.75) is 18.2 Å². The summed E-state index contributed by atoms with van der Waals surface area (Å²) >= 11 is 7.51. The highest BCUT2D eigenvalue weighted by atomic mass is 35.5. The first kappa shape index (κ1) is 15.9. The minimum atomic E-state index is -0.422. The number of nitrogens with one attached hydrogen (secondary N) is 1. The Hall–Kier alpha value is -1.20. The predicted octanol–water partition coefficient (Wildman–Crippen LogP) is 2.50. The fourth-order valence-corrected chi connectivity index (χ4v) is 2.47. The maximum atomic E-state index is 11.5. The summed E-state index contributed by atoms with van der Waals surface area (Å²) in [4.78, 5) is 23.4. The van der Waals surface area contributed by atoms with Gasteiger partial charge in [-0.3, -0.25) is 9.59 Å². The van der Waals surface area contributed by atoms with Crippen LogP contribution in [0, 0.1) is 0 Å². The molecule has 0 saturated carbocycles. The molecule has 0 atom stereocenters. The molecule has 19 heavy (non-hydrogen) atoms. The molecule has 1 aromatic rings. The molecule has 0 saturated heterocycles. The summed E-state index contributed by atoms with van der Waals surface area (Å²) < 4.78 is 4.71. The van der Waals surface area contributed by atoms with E-state index in [1.807, 2.05) is 24.3 Å². The first-order valence-corrected chi connectivity index (χ1v) is 7.29.